The molecule has 3 heterocycles. The van der Waals surface area contributed by atoms with Crippen LogP contribution in [0.15, 0.2) is 18.2 Å². The minimum absolute atomic E-state index is 0.220. The molecule has 136 valence electrons. The molecule has 1 amide bonds. The lowest BCUT2D eigenvalue weighted by Crippen LogP contribution is -2.50. The Kier molecular flexibility index (Phi) is 4.36. The first kappa shape index (κ1) is 16.7. The van der Waals surface area contributed by atoms with Gasteiger partial charge < -0.3 is 19.7 Å². The summed E-state index contributed by atoms with van der Waals surface area (Å²) in [6.07, 6.45) is 5.10. The Labute approximate surface area is 149 Å². The van der Waals surface area contributed by atoms with Gasteiger partial charge in [-0.25, -0.2) is 0 Å². The summed E-state index contributed by atoms with van der Waals surface area (Å²) in [5, 5.41) is 3.66. The maximum Gasteiger partial charge on any atom is 0.230 e. The number of hydrogen-bond acceptors (Lipinski definition) is 4. The minimum Gasteiger partial charge on any atom is -0.493 e. The Balaban J connectivity index is 1.62. The summed E-state index contributed by atoms with van der Waals surface area (Å²) in [6.45, 7) is 4.14. The van der Waals surface area contributed by atoms with Crippen molar-refractivity contribution in [2.75, 3.05) is 20.3 Å². The first-order valence-corrected chi connectivity index (χ1v) is 9.52. The molecule has 1 aromatic rings. The number of nitrogens with one attached hydrogen (secondary N) is 1. The molecule has 0 radical (unpaired) electrons. The number of ether oxygens (including phenoxy) is 2. The molecule has 2 fully saturated rings. The first-order chi connectivity index (χ1) is 12.2. The Hall–Kier alpha value is -1.75. The predicted octanol–water partition coefficient (Wildman–Crippen LogP) is 2.73. The molecular weight excluding hydrogens is 316 g/mol. The van der Waals surface area contributed by atoms with Crippen LogP contribution in [0, 0.1) is 5.41 Å². The molecular formula is C20H28N2O3. The second-order valence-corrected chi connectivity index (χ2v) is 7.58. The number of methoxy groups -OCH3 is 1. The van der Waals surface area contributed by atoms with Gasteiger partial charge >= 0.3 is 0 Å². The van der Waals surface area contributed by atoms with E-state index in [9.17, 15) is 4.79 Å². The summed E-state index contributed by atoms with van der Waals surface area (Å²) in [6, 6.07) is 6.81. The molecule has 25 heavy (non-hydrogen) atoms. The SMILES string of the molecule is CC[C@@]1(C(=O)N2CCCOc3c(cccc3OC)C2)C[C@@H]2CC[C@H]1N2. The van der Waals surface area contributed by atoms with Crippen molar-refractivity contribution in [2.45, 2.75) is 57.7 Å². The van der Waals surface area contributed by atoms with Crippen LogP contribution in [0.2, 0.25) is 0 Å². The van der Waals surface area contributed by atoms with Gasteiger partial charge in [-0.2, -0.15) is 0 Å². The van der Waals surface area contributed by atoms with E-state index < -0.39 is 0 Å². The van der Waals surface area contributed by atoms with Gasteiger partial charge in [0.1, 0.15) is 0 Å². The zero-order valence-electron chi connectivity index (χ0n) is 15.2. The molecule has 2 saturated heterocycles. The average molecular weight is 344 g/mol. The van der Waals surface area contributed by atoms with Crippen LogP contribution in [-0.4, -0.2) is 43.2 Å². The normalized spacial score (nSPS) is 31.0. The third-order valence-electron chi connectivity index (χ3n) is 6.32. The van der Waals surface area contributed by atoms with Gasteiger partial charge in [0.15, 0.2) is 11.5 Å². The van der Waals surface area contributed by atoms with Crippen LogP contribution in [0.3, 0.4) is 0 Å². The maximum absolute atomic E-state index is 13.6. The summed E-state index contributed by atoms with van der Waals surface area (Å²) in [4.78, 5) is 15.6. The van der Waals surface area contributed by atoms with Crippen LogP contribution in [0.4, 0.5) is 0 Å². The highest BCUT2D eigenvalue weighted by molar-refractivity contribution is 5.84. The zero-order chi connectivity index (χ0) is 17.4. The lowest BCUT2D eigenvalue weighted by molar-refractivity contribution is -0.144. The van der Waals surface area contributed by atoms with Crippen molar-refractivity contribution in [1.29, 1.82) is 0 Å². The minimum atomic E-state index is -0.220. The van der Waals surface area contributed by atoms with E-state index in [0.717, 1.165) is 49.3 Å². The molecule has 2 bridgehead atoms. The van der Waals surface area contributed by atoms with Crippen molar-refractivity contribution in [2.24, 2.45) is 5.41 Å². The molecule has 0 aromatic heterocycles. The molecule has 0 aliphatic carbocycles. The third-order valence-corrected chi connectivity index (χ3v) is 6.32. The Bertz CT molecular complexity index is 662. The molecule has 5 heteroatoms. The van der Waals surface area contributed by atoms with Crippen LogP contribution >= 0.6 is 0 Å². The molecule has 0 saturated carbocycles. The van der Waals surface area contributed by atoms with Gasteiger partial charge in [-0.15, -0.1) is 0 Å². The number of carbonyl (C=O) groups excluding carboxylic acids is 1. The summed E-state index contributed by atoms with van der Waals surface area (Å²) in [5.74, 6) is 1.86. The van der Waals surface area contributed by atoms with Gasteiger partial charge in [-0.1, -0.05) is 19.1 Å². The van der Waals surface area contributed by atoms with Gasteiger partial charge in [0.2, 0.25) is 5.91 Å². The lowest BCUT2D eigenvalue weighted by Gasteiger charge is -2.39. The van der Waals surface area contributed by atoms with Crippen molar-refractivity contribution in [3.05, 3.63) is 23.8 Å². The molecule has 1 N–H and O–H groups in total. The average Bonchev–Trinajstić information content (AvgIpc) is 3.23. The molecule has 1 aromatic carbocycles. The van der Waals surface area contributed by atoms with Crippen molar-refractivity contribution < 1.29 is 14.3 Å². The number of amides is 1. The predicted molar refractivity (Wildman–Crippen MR) is 95.8 cm³/mol. The number of fused-ring (bicyclic) bond motifs is 3. The van der Waals surface area contributed by atoms with Crippen LogP contribution in [0.5, 0.6) is 11.5 Å². The molecule has 3 aliphatic heterocycles. The Morgan fingerprint density at radius 1 is 1.44 bits per heavy atom. The largest absolute Gasteiger partial charge is 0.493 e. The smallest absolute Gasteiger partial charge is 0.230 e. The number of carbonyl (C=O) groups is 1. The summed E-state index contributed by atoms with van der Waals surface area (Å²) in [5.41, 5.74) is 0.817. The second-order valence-electron chi connectivity index (χ2n) is 7.58. The van der Waals surface area contributed by atoms with Crippen molar-refractivity contribution in [3.63, 3.8) is 0 Å². The number of rotatable bonds is 3. The van der Waals surface area contributed by atoms with Gasteiger partial charge in [0.25, 0.3) is 0 Å². The molecule has 0 spiro atoms. The molecule has 3 atom stereocenters. The van der Waals surface area contributed by atoms with Crippen LogP contribution in [-0.2, 0) is 11.3 Å². The fourth-order valence-electron chi connectivity index (χ4n) is 4.99. The van der Waals surface area contributed by atoms with E-state index in [2.05, 4.69) is 17.1 Å². The quantitative estimate of drug-likeness (QED) is 0.916. The van der Waals surface area contributed by atoms with E-state index >= 15 is 0 Å². The Morgan fingerprint density at radius 3 is 3.00 bits per heavy atom. The van der Waals surface area contributed by atoms with Crippen LogP contribution in [0.25, 0.3) is 0 Å². The molecule has 0 unspecified atom stereocenters. The van der Waals surface area contributed by atoms with E-state index in [1.165, 1.54) is 6.42 Å². The van der Waals surface area contributed by atoms with E-state index in [4.69, 9.17) is 9.47 Å². The van der Waals surface area contributed by atoms with Crippen molar-refractivity contribution in [3.8, 4) is 11.5 Å². The van der Waals surface area contributed by atoms with Crippen molar-refractivity contribution in [1.82, 2.24) is 10.2 Å². The Morgan fingerprint density at radius 2 is 2.32 bits per heavy atom. The number of hydrogen-bond donors (Lipinski definition) is 1. The molecule has 4 rings (SSSR count). The van der Waals surface area contributed by atoms with Gasteiger partial charge in [-0.3, -0.25) is 4.79 Å². The van der Waals surface area contributed by atoms with E-state index in [1.54, 1.807) is 7.11 Å². The van der Waals surface area contributed by atoms with E-state index in [1.807, 2.05) is 18.2 Å². The topological polar surface area (TPSA) is 50.8 Å². The third kappa shape index (κ3) is 2.69. The standard InChI is InChI=1S/C20H28N2O3/c1-3-20(12-15-8-9-17(20)21-15)19(23)22-10-5-11-25-18-14(13-22)6-4-7-16(18)24-2/h4,6-7,15,17,21H,3,5,8-13H2,1-2H3/t15-,17+,20+/m0/s1. The monoisotopic (exact) mass is 344 g/mol. The maximum atomic E-state index is 13.6. The van der Waals surface area contributed by atoms with Crippen LogP contribution in [0.1, 0.15) is 44.6 Å². The van der Waals surface area contributed by atoms with Crippen molar-refractivity contribution >= 4 is 5.91 Å². The van der Waals surface area contributed by atoms with Gasteiger partial charge in [0.05, 0.1) is 19.1 Å². The first-order valence-electron chi connectivity index (χ1n) is 9.52. The fraction of sp³-hybridized carbons (Fsp3) is 0.650. The highest BCUT2D eigenvalue weighted by Crippen LogP contribution is 2.47. The van der Waals surface area contributed by atoms with Crippen LogP contribution < -0.4 is 14.8 Å². The van der Waals surface area contributed by atoms with Gasteiger partial charge in [0, 0.05) is 30.7 Å². The highest BCUT2D eigenvalue weighted by Gasteiger charge is 2.55. The summed E-state index contributed by atoms with van der Waals surface area (Å²) < 4.78 is 11.4. The molecule has 5 nitrogen and oxygen atoms in total. The number of benzene rings is 1. The number of para-hydroxylation sites is 1. The zero-order valence-corrected chi connectivity index (χ0v) is 15.2. The van der Waals surface area contributed by atoms with Gasteiger partial charge in [-0.05, 0) is 38.2 Å². The lowest BCUT2D eigenvalue weighted by atomic mass is 9.70. The fourth-order valence-corrected chi connectivity index (χ4v) is 4.99. The second kappa shape index (κ2) is 6.52. The summed E-state index contributed by atoms with van der Waals surface area (Å²) in [7, 11) is 1.66. The summed E-state index contributed by atoms with van der Waals surface area (Å²) >= 11 is 0. The van der Waals surface area contributed by atoms with E-state index in [0.29, 0.717) is 31.1 Å². The number of nitrogens with zero attached hydrogens (tertiary/aromatic N) is 1. The highest BCUT2D eigenvalue weighted by atomic mass is 16.5. The van der Waals surface area contributed by atoms with E-state index in [-0.39, 0.29) is 5.41 Å². The molecule has 3 aliphatic rings.